The van der Waals surface area contributed by atoms with Gasteiger partial charge in [-0.2, -0.15) is 5.10 Å². The summed E-state index contributed by atoms with van der Waals surface area (Å²) in [5.41, 5.74) is 3.38. The van der Waals surface area contributed by atoms with Gasteiger partial charge in [0.25, 0.3) is 10.0 Å². The van der Waals surface area contributed by atoms with Crippen molar-refractivity contribution < 1.29 is 22.7 Å². The molecule has 34 heavy (non-hydrogen) atoms. The number of rotatable bonds is 6. The molecule has 1 atom stereocenters. The van der Waals surface area contributed by atoms with Gasteiger partial charge in [-0.25, -0.2) is 8.42 Å². The molecular weight excluding hydrogens is 456 g/mol. The highest BCUT2D eigenvalue weighted by Crippen LogP contribution is 2.35. The van der Waals surface area contributed by atoms with Crippen LogP contribution in [0.1, 0.15) is 35.5 Å². The molecule has 1 aromatic heterocycles. The van der Waals surface area contributed by atoms with E-state index >= 15 is 0 Å². The van der Waals surface area contributed by atoms with Crippen molar-refractivity contribution in [1.82, 2.24) is 15.1 Å². The number of anilines is 1. The number of benzene rings is 2. The van der Waals surface area contributed by atoms with Crippen LogP contribution in [0.3, 0.4) is 0 Å². The normalized spacial score (nSPS) is 15.3. The van der Waals surface area contributed by atoms with Crippen LogP contribution in [-0.2, 0) is 27.8 Å². The Morgan fingerprint density at radius 2 is 1.91 bits per heavy atom. The molecule has 178 valence electrons. The van der Waals surface area contributed by atoms with Crippen molar-refractivity contribution >= 4 is 21.6 Å². The lowest BCUT2D eigenvalue weighted by Gasteiger charge is -2.20. The average Bonchev–Trinajstić information content (AvgIpc) is 3.53. The Morgan fingerprint density at radius 1 is 1.15 bits per heavy atom. The monoisotopic (exact) mass is 482 g/mol. The third kappa shape index (κ3) is 3.67. The average molecular weight is 483 g/mol. The van der Waals surface area contributed by atoms with E-state index in [1.807, 2.05) is 42.5 Å². The Balaban J connectivity index is 1.35. The second-order valence-electron chi connectivity index (χ2n) is 8.48. The van der Waals surface area contributed by atoms with Gasteiger partial charge in [-0.05, 0) is 56.5 Å². The Bertz CT molecular complexity index is 1380. The van der Waals surface area contributed by atoms with Crippen LogP contribution >= 0.6 is 0 Å². The molecule has 0 aliphatic carbocycles. The first-order valence-electron chi connectivity index (χ1n) is 11.1. The van der Waals surface area contributed by atoms with Gasteiger partial charge in [-0.1, -0.05) is 24.3 Å². The first kappa shape index (κ1) is 22.3. The zero-order valence-corrected chi connectivity index (χ0v) is 20.1. The Morgan fingerprint density at radius 3 is 2.74 bits per heavy atom. The molecule has 1 N–H and O–H groups in total. The van der Waals surface area contributed by atoms with Crippen molar-refractivity contribution in [3.63, 3.8) is 0 Å². The summed E-state index contributed by atoms with van der Waals surface area (Å²) in [7, 11) is -3.82. The van der Waals surface area contributed by atoms with Gasteiger partial charge in [-0.15, -0.1) is 0 Å². The van der Waals surface area contributed by atoms with Crippen LogP contribution in [0.4, 0.5) is 5.69 Å². The number of para-hydroxylation sites is 1. The molecule has 1 amide bonds. The topological polar surface area (TPSA) is 103 Å². The predicted molar refractivity (Wildman–Crippen MR) is 126 cm³/mol. The van der Waals surface area contributed by atoms with E-state index in [0.29, 0.717) is 48.1 Å². The zero-order valence-electron chi connectivity index (χ0n) is 19.2. The molecule has 0 bridgehead atoms. The number of hydrogen-bond acceptors (Lipinski definition) is 6. The summed E-state index contributed by atoms with van der Waals surface area (Å²) in [5, 5.41) is 7.34. The molecule has 0 saturated carbocycles. The van der Waals surface area contributed by atoms with Crippen LogP contribution in [0.2, 0.25) is 0 Å². The second kappa shape index (κ2) is 8.35. The predicted octanol–water partition coefficient (Wildman–Crippen LogP) is 2.86. The quantitative estimate of drug-likeness (QED) is 0.580. The van der Waals surface area contributed by atoms with E-state index in [9.17, 15) is 13.2 Å². The standard InChI is InChI=1S/C24H26N4O5S/c1-15-23(34(30,31)27-11-10-19-6-4-5-7-20(19)27)16(2)28(26-15)17(3)24(29)25-13-18-8-9-21-22(12-18)33-14-32-21/h4-9,12,17H,10-11,13-14H2,1-3H3,(H,25,29)/t17-/m0/s1. The summed E-state index contributed by atoms with van der Waals surface area (Å²) in [6.45, 7) is 5.93. The number of hydrogen-bond donors (Lipinski definition) is 1. The lowest BCUT2D eigenvalue weighted by molar-refractivity contribution is -0.124. The maximum Gasteiger partial charge on any atom is 0.268 e. The number of sulfonamides is 1. The van der Waals surface area contributed by atoms with Crippen LogP contribution in [0.25, 0.3) is 0 Å². The molecule has 10 heteroatoms. The van der Waals surface area contributed by atoms with Crippen LogP contribution in [0.5, 0.6) is 11.5 Å². The Kier molecular flexibility index (Phi) is 5.47. The Hall–Kier alpha value is -3.53. The number of aromatic nitrogens is 2. The number of fused-ring (bicyclic) bond motifs is 2. The number of carbonyl (C=O) groups excluding carboxylic acids is 1. The third-order valence-electron chi connectivity index (χ3n) is 6.30. The molecule has 0 radical (unpaired) electrons. The minimum Gasteiger partial charge on any atom is -0.454 e. The fourth-order valence-corrected chi connectivity index (χ4v) is 6.44. The zero-order chi connectivity index (χ0) is 24.0. The first-order chi connectivity index (χ1) is 16.3. The maximum absolute atomic E-state index is 13.6. The second-order valence-corrected chi connectivity index (χ2v) is 10.3. The van der Waals surface area contributed by atoms with Crippen molar-refractivity contribution in [2.24, 2.45) is 0 Å². The summed E-state index contributed by atoms with van der Waals surface area (Å²) in [4.78, 5) is 13.1. The molecular formula is C24H26N4O5S. The molecule has 3 heterocycles. The summed E-state index contributed by atoms with van der Waals surface area (Å²) in [5.74, 6) is 1.07. The van der Waals surface area contributed by atoms with Crippen molar-refractivity contribution in [2.45, 2.75) is 44.7 Å². The van der Waals surface area contributed by atoms with Gasteiger partial charge in [0, 0.05) is 13.1 Å². The maximum atomic E-state index is 13.6. The van der Waals surface area contributed by atoms with Crippen molar-refractivity contribution in [3.05, 3.63) is 65.0 Å². The van der Waals surface area contributed by atoms with Crippen molar-refractivity contribution in [2.75, 3.05) is 17.6 Å². The lowest BCUT2D eigenvalue weighted by atomic mass is 10.2. The molecule has 3 aromatic rings. The van der Waals surface area contributed by atoms with Gasteiger partial charge >= 0.3 is 0 Å². The van der Waals surface area contributed by atoms with Gasteiger partial charge < -0.3 is 14.8 Å². The molecule has 5 rings (SSSR count). The minimum absolute atomic E-state index is 0.152. The number of nitrogens with zero attached hydrogens (tertiary/aromatic N) is 3. The van der Waals surface area contributed by atoms with E-state index in [4.69, 9.17) is 9.47 Å². The van der Waals surface area contributed by atoms with E-state index < -0.39 is 16.1 Å². The van der Waals surface area contributed by atoms with E-state index in [2.05, 4.69) is 10.4 Å². The number of ether oxygens (including phenoxy) is 2. The minimum atomic E-state index is -3.82. The fraction of sp³-hybridized carbons (Fsp3) is 0.333. The molecule has 0 saturated heterocycles. The highest BCUT2D eigenvalue weighted by atomic mass is 32.2. The van der Waals surface area contributed by atoms with E-state index in [0.717, 1.165) is 11.1 Å². The molecule has 2 aromatic carbocycles. The smallest absolute Gasteiger partial charge is 0.268 e. The summed E-state index contributed by atoms with van der Waals surface area (Å²) in [6.07, 6.45) is 0.667. The Labute approximate surface area is 198 Å². The molecule has 2 aliphatic rings. The summed E-state index contributed by atoms with van der Waals surface area (Å²) >= 11 is 0. The van der Waals surface area contributed by atoms with Crippen LogP contribution in [0.15, 0.2) is 47.4 Å². The van der Waals surface area contributed by atoms with Crippen molar-refractivity contribution in [3.8, 4) is 11.5 Å². The van der Waals surface area contributed by atoms with E-state index in [-0.39, 0.29) is 17.6 Å². The molecule has 0 unspecified atom stereocenters. The van der Waals surface area contributed by atoms with E-state index in [1.165, 1.54) is 8.99 Å². The number of amides is 1. The molecule has 9 nitrogen and oxygen atoms in total. The highest BCUT2D eigenvalue weighted by Gasteiger charge is 2.36. The summed E-state index contributed by atoms with van der Waals surface area (Å²) in [6, 6.07) is 12.3. The van der Waals surface area contributed by atoms with Crippen LogP contribution < -0.4 is 19.1 Å². The van der Waals surface area contributed by atoms with Crippen molar-refractivity contribution in [1.29, 1.82) is 0 Å². The fourth-order valence-electron chi connectivity index (χ4n) is 4.56. The lowest BCUT2D eigenvalue weighted by Crippen LogP contribution is -2.32. The molecule has 2 aliphatic heterocycles. The van der Waals surface area contributed by atoms with Crippen LogP contribution in [-0.4, -0.2) is 37.4 Å². The third-order valence-corrected chi connectivity index (χ3v) is 8.37. The van der Waals surface area contributed by atoms with Gasteiger partial charge in [0.15, 0.2) is 11.5 Å². The van der Waals surface area contributed by atoms with Crippen LogP contribution in [0, 0.1) is 13.8 Å². The van der Waals surface area contributed by atoms with Gasteiger partial charge in [0.2, 0.25) is 12.7 Å². The first-order valence-corrected chi connectivity index (χ1v) is 12.5. The number of nitrogens with one attached hydrogen (secondary N) is 1. The molecule has 0 spiro atoms. The van der Waals surface area contributed by atoms with Gasteiger partial charge in [-0.3, -0.25) is 13.8 Å². The number of aryl methyl sites for hydroxylation is 1. The van der Waals surface area contributed by atoms with Gasteiger partial charge in [0.1, 0.15) is 10.9 Å². The van der Waals surface area contributed by atoms with E-state index in [1.54, 1.807) is 20.8 Å². The van der Waals surface area contributed by atoms with Gasteiger partial charge in [0.05, 0.1) is 17.1 Å². The molecule has 0 fully saturated rings. The largest absolute Gasteiger partial charge is 0.454 e. The highest BCUT2D eigenvalue weighted by molar-refractivity contribution is 7.93. The number of carbonyl (C=O) groups is 1. The summed E-state index contributed by atoms with van der Waals surface area (Å²) < 4.78 is 40.8. The SMILES string of the molecule is Cc1nn([C@@H](C)C(=O)NCc2ccc3c(c2)OCO3)c(C)c1S(=O)(=O)N1CCc2ccccc21.